The van der Waals surface area contributed by atoms with E-state index in [0.717, 1.165) is 11.0 Å². The van der Waals surface area contributed by atoms with Crippen LogP contribution in [0.3, 0.4) is 0 Å². The molecule has 2 aromatic heterocycles. The number of aromatic nitrogens is 2. The molecule has 0 aliphatic rings. The Labute approximate surface area is 108 Å². The van der Waals surface area contributed by atoms with Crippen LogP contribution in [0.2, 0.25) is 0 Å². The average Bonchev–Trinajstić information content (AvgIpc) is 2.34. The second-order valence-corrected chi connectivity index (χ2v) is 2.37. The molecule has 52 valence electrons. The first-order chi connectivity index (χ1) is 4.88. The van der Waals surface area contributed by atoms with Gasteiger partial charge in [-0.3, -0.25) is 4.98 Å². The molecule has 0 aliphatic heterocycles. The number of nitrogens with one attached hydrogen (secondary N) is 1. The predicted octanol–water partition coefficient (Wildman–Crippen LogP) is 1.22. The maximum absolute atomic E-state index is 4.21. The number of nitrogens with zero attached hydrogens (tertiary/aromatic N) is 1. The molecule has 1 N–H and O–H groups in total. The summed E-state index contributed by atoms with van der Waals surface area (Å²) < 4.78 is 0. The molecule has 0 aromatic carbocycles. The molecule has 3 heteroatoms. The van der Waals surface area contributed by atoms with Crippen LogP contribution >= 0.6 is 0 Å². The van der Waals surface area contributed by atoms with Gasteiger partial charge >= 0.3 is 51.4 Å². The van der Waals surface area contributed by atoms with E-state index in [1.54, 1.807) is 0 Å². The SMILES string of the molecule is Cc1c[nH]c2cccnc12.[KH]. The molecular formula is C8H9KN2. The fourth-order valence-corrected chi connectivity index (χ4v) is 1.09. The van der Waals surface area contributed by atoms with Gasteiger partial charge in [0.05, 0.1) is 11.0 Å². The van der Waals surface area contributed by atoms with Gasteiger partial charge < -0.3 is 4.98 Å². The molecule has 11 heavy (non-hydrogen) atoms. The Morgan fingerprint density at radius 3 is 3.00 bits per heavy atom. The second-order valence-electron chi connectivity index (χ2n) is 2.37. The number of hydrogen-bond donors (Lipinski definition) is 1. The summed E-state index contributed by atoms with van der Waals surface area (Å²) in [6, 6.07) is 3.95. The summed E-state index contributed by atoms with van der Waals surface area (Å²) in [5.41, 5.74) is 3.39. The van der Waals surface area contributed by atoms with Crippen molar-refractivity contribution in [3.8, 4) is 0 Å². The first-order valence-electron chi connectivity index (χ1n) is 3.26. The first-order valence-corrected chi connectivity index (χ1v) is 3.26. The van der Waals surface area contributed by atoms with Crippen LogP contribution in [0.15, 0.2) is 24.5 Å². The molecule has 2 heterocycles. The van der Waals surface area contributed by atoms with Crippen molar-refractivity contribution in [2.75, 3.05) is 0 Å². The van der Waals surface area contributed by atoms with Crippen molar-refractivity contribution in [1.29, 1.82) is 0 Å². The van der Waals surface area contributed by atoms with Crippen LogP contribution in [-0.4, -0.2) is 61.4 Å². The molecule has 2 rings (SSSR count). The molecule has 0 radical (unpaired) electrons. The molecule has 0 bridgehead atoms. The maximum atomic E-state index is 4.21. The van der Waals surface area contributed by atoms with E-state index in [0.29, 0.717) is 0 Å². The molecule has 2 nitrogen and oxygen atoms in total. The molecule has 0 atom stereocenters. The van der Waals surface area contributed by atoms with E-state index < -0.39 is 0 Å². The van der Waals surface area contributed by atoms with Gasteiger partial charge in [-0.15, -0.1) is 0 Å². The van der Waals surface area contributed by atoms with Crippen molar-refractivity contribution in [3.05, 3.63) is 30.1 Å². The summed E-state index contributed by atoms with van der Waals surface area (Å²) in [6.45, 7) is 2.05. The zero-order chi connectivity index (χ0) is 6.97. The normalized spacial score (nSPS) is 9.55. The van der Waals surface area contributed by atoms with Crippen LogP contribution in [-0.2, 0) is 0 Å². The van der Waals surface area contributed by atoms with Crippen molar-refractivity contribution in [3.63, 3.8) is 0 Å². The molecule has 0 saturated carbocycles. The zero-order valence-corrected chi connectivity index (χ0v) is 5.76. The van der Waals surface area contributed by atoms with Crippen molar-refractivity contribution < 1.29 is 0 Å². The minimum absolute atomic E-state index is 0. The fraction of sp³-hybridized carbons (Fsp3) is 0.125. The van der Waals surface area contributed by atoms with Crippen LogP contribution in [0, 0.1) is 6.92 Å². The molecule has 0 saturated heterocycles. The topological polar surface area (TPSA) is 28.7 Å². The molecule has 2 aromatic rings. The Hall–Kier alpha value is 0.326. The van der Waals surface area contributed by atoms with E-state index in [9.17, 15) is 0 Å². The van der Waals surface area contributed by atoms with Crippen molar-refractivity contribution in [2.45, 2.75) is 6.92 Å². The van der Waals surface area contributed by atoms with E-state index in [4.69, 9.17) is 0 Å². The van der Waals surface area contributed by atoms with Crippen LogP contribution in [0.1, 0.15) is 5.56 Å². The minimum atomic E-state index is 0. The van der Waals surface area contributed by atoms with E-state index in [1.165, 1.54) is 5.56 Å². The van der Waals surface area contributed by atoms with Crippen LogP contribution < -0.4 is 0 Å². The van der Waals surface area contributed by atoms with Crippen molar-refractivity contribution >= 4 is 62.4 Å². The summed E-state index contributed by atoms with van der Waals surface area (Å²) in [5, 5.41) is 0. The van der Waals surface area contributed by atoms with Crippen molar-refractivity contribution in [2.24, 2.45) is 0 Å². The number of hydrogen-bond acceptors (Lipinski definition) is 1. The number of aryl methyl sites for hydroxylation is 1. The number of fused-ring (bicyclic) bond motifs is 1. The molecule has 0 aliphatic carbocycles. The fourth-order valence-electron chi connectivity index (χ4n) is 1.09. The third-order valence-electron chi connectivity index (χ3n) is 1.63. The van der Waals surface area contributed by atoms with E-state index in [2.05, 4.69) is 9.97 Å². The molecular weight excluding hydrogens is 163 g/mol. The van der Waals surface area contributed by atoms with E-state index in [1.807, 2.05) is 31.5 Å². The van der Waals surface area contributed by atoms with Gasteiger partial charge in [0, 0.05) is 12.4 Å². The van der Waals surface area contributed by atoms with Gasteiger partial charge in [-0.05, 0) is 24.6 Å². The molecule has 0 spiro atoms. The Bertz CT molecular complexity index is 354. The van der Waals surface area contributed by atoms with Gasteiger partial charge in [-0.1, -0.05) is 0 Å². The van der Waals surface area contributed by atoms with E-state index in [-0.39, 0.29) is 51.4 Å². The summed E-state index contributed by atoms with van der Waals surface area (Å²) >= 11 is 0. The molecule has 0 fully saturated rings. The Balaban J connectivity index is 0.000000605. The zero-order valence-electron chi connectivity index (χ0n) is 5.76. The number of H-pyrrole nitrogens is 1. The third kappa shape index (κ3) is 1.73. The predicted molar refractivity (Wildman–Crippen MR) is 48.0 cm³/mol. The Morgan fingerprint density at radius 1 is 1.45 bits per heavy atom. The summed E-state index contributed by atoms with van der Waals surface area (Å²) in [7, 11) is 0. The quantitative estimate of drug-likeness (QED) is 0.595. The van der Waals surface area contributed by atoms with Crippen LogP contribution in [0.5, 0.6) is 0 Å². The summed E-state index contributed by atoms with van der Waals surface area (Å²) in [4.78, 5) is 7.33. The van der Waals surface area contributed by atoms with Crippen LogP contribution in [0.25, 0.3) is 11.0 Å². The second kappa shape index (κ2) is 3.82. The first kappa shape index (κ1) is 9.41. The molecule has 0 amide bonds. The van der Waals surface area contributed by atoms with Gasteiger partial charge in [-0.25, -0.2) is 0 Å². The van der Waals surface area contributed by atoms with Gasteiger partial charge in [0.25, 0.3) is 0 Å². The average molecular weight is 172 g/mol. The third-order valence-corrected chi connectivity index (χ3v) is 1.63. The number of rotatable bonds is 0. The molecule has 0 unspecified atom stereocenters. The van der Waals surface area contributed by atoms with Crippen LogP contribution in [0.4, 0.5) is 0 Å². The van der Waals surface area contributed by atoms with Crippen molar-refractivity contribution in [1.82, 2.24) is 9.97 Å². The number of pyridine rings is 1. The van der Waals surface area contributed by atoms with Gasteiger partial charge in [0.2, 0.25) is 0 Å². The van der Waals surface area contributed by atoms with Gasteiger partial charge in [0.15, 0.2) is 0 Å². The summed E-state index contributed by atoms with van der Waals surface area (Å²) in [6.07, 6.45) is 3.78. The van der Waals surface area contributed by atoms with Gasteiger partial charge in [-0.2, -0.15) is 0 Å². The number of aromatic amines is 1. The van der Waals surface area contributed by atoms with Gasteiger partial charge in [0.1, 0.15) is 0 Å². The monoisotopic (exact) mass is 172 g/mol. The standard InChI is InChI=1S/C8H8N2.K.H/c1-6-5-10-7-3-2-4-9-8(6)7;;/h2-5,10H,1H3;;. The Morgan fingerprint density at radius 2 is 2.27 bits per heavy atom. The Kier molecular flexibility index (Phi) is 3.27. The summed E-state index contributed by atoms with van der Waals surface area (Å²) in [5.74, 6) is 0. The van der Waals surface area contributed by atoms with E-state index >= 15 is 0 Å².